The third-order valence-corrected chi connectivity index (χ3v) is 4.56. The van der Waals surface area contributed by atoms with Gasteiger partial charge in [0.1, 0.15) is 24.5 Å². The number of guanidine groups is 1. The van der Waals surface area contributed by atoms with Crippen molar-refractivity contribution in [3.8, 4) is 5.88 Å². The van der Waals surface area contributed by atoms with Crippen molar-refractivity contribution in [2.75, 3.05) is 20.3 Å². The maximum atomic E-state index is 12.5. The number of carbonyl (C=O) groups excluding carboxylic acids is 2. The molecule has 2 aromatic rings. The van der Waals surface area contributed by atoms with Crippen LogP contribution in [-0.4, -0.2) is 57.8 Å². The van der Waals surface area contributed by atoms with Gasteiger partial charge in [-0.1, -0.05) is 0 Å². The second-order valence-corrected chi connectivity index (χ2v) is 6.80. The number of ketones is 1. The number of hydrogen-bond acceptors (Lipinski definition) is 8. The number of rotatable bonds is 7. The zero-order valence-corrected chi connectivity index (χ0v) is 16.1. The number of pyridine rings is 1. The quantitative estimate of drug-likeness (QED) is 0.689. The van der Waals surface area contributed by atoms with Crippen LogP contribution >= 0.6 is 0 Å². The van der Waals surface area contributed by atoms with Crippen molar-refractivity contribution < 1.29 is 18.7 Å². The molecular weight excluding hydrogens is 379 g/mol. The summed E-state index contributed by atoms with van der Waals surface area (Å²) in [6, 6.07) is 3.44. The summed E-state index contributed by atoms with van der Waals surface area (Å²) in [5.41, 5.74) is 6.36. The molecule has 0 aliphatic carbocycles. The van der Waals surface area contributed by atoms with Crippen LogP contribution in [0.15, 0.2) is 35.7 Å². The van der Waals surface area contributed by atoms with Gasteiger partial charge in [0.2, 0.25) is 11.8 Å². The molecule has 3 heterocycles. The predicted molar refractivity (Wildman–Crippen MR) is 102 cm³/mol. The van der Waals surface area contributed by atoms with E-state index in [2.05, 4.69) is 19.9 Å². The molecule has 1 aliphatic heterocycles. The van der Waals surface area contributed by atoms with Gasteiger partial charge in [0.05, 0.1) is 24.5 Å². The van der Waals surface area contributed by atoms with Crippen molar-refractivity contribution >= 4 is 17.6 Å². The summed E-state index contributed by atoms with van der Waals surface area (Å²) in [6.45, 7) is 1.02. The number of ether oxygens (including phenoxy) is 1. The number of aliphatic imine (C=N–C) groups is 1. The molecule has 1 aliphatic rings. The van der Waals surface area contributed by atoms with Gasteiger partial charge in [-0.3, -0.25) is 19.5 Å². The summed E-state index contributed by atoms with van der Waals surface area (Å²) in [6.07, 6.45) is 4.33. The lowest BCUT2D eigenvalue weighted by atomic mass is 9.90. The van der Waals surface area contributed by atoms with E-state index in [1.54, 1.807) is 32.3 Å². The SMILES string of the molecule is CN1C(=O)CC(C)(c2cc(CC(=O)c3cnc(OCCF)cn3)ccn2)N=C1N. The number of nitrogens with two attached hydrogens (primary N) is 1. The van der Waals surface area contributed by atoms with Gasteiger partial charge in [0, 0.05) is 19.7 Å². The number of Topliss-reactive ketones (excluding diaryl/α,β-unsaturated/α-hetero) is 1. The van der Waals surface area contributed by atoms with Crippen LogP contribution in [-0.2, 0) is 16.8 Å². The first kappa shape index (κ1) is 20.3. The van der Waals surface area contributed by atoms with Gasteiger partial charge in [-0.2, -0.15) is 0 Å². The van der Waals surface area contributed by atoms with Crippen molar-refractivity contribution in [2.24, 2.45) is 10.7 Å². The van der Waals surface area contributed by atoms with Gasteiger partial charge in [-0.05, 0) is 24.6 Å². The topological polar surface area (TPSA) is 124 Å². The molecule has 9 nitrogen and oxygen atoms in total. The molecule has 1 atom stereocenters. The van der Waals surface area contributed by atoms with Crippen LogP contribution in [0.5, 0.6) is 5.88 Å². The van der Waals surface area contributed by atoms with E-state index in [0.717, 1.165) is 0 Å². The van der Waals surface area contributed by atoms with Crippen molar-refractivity contribution in [3.05, 3.63) is 47.7 Å². The lowest BCUT2D eigenvalue weighted by Crippen LogP contribution is -2.47. The zero-order chi connectivity index (χ0) is 21.0. The van der Waals surface area contributed by atoms with Gasteiger partial charge in [-0.15, -0.1) is 0 Å². The number of nitrogens with zero attached hydrogens (tertiary/aromatic N) is 5. The van der Waals surface area contributed by atoms with Crippen LogP contribution in [0.3, 0.4) is 0 Å². The lowest BCUT2D eigenvalue weighted by molar-refractivity contribution is -0.128. The highest BCUT2D eigenvalue weighted by atomic mass is 19.1. The van der Waals surface area contributed by atoms with Crippen LogP contribution in [0.4, 0.5) is 4.39 Å². The van der Waals surface area contributed by atoms with Crippen LogP contribution in [0.25, 0.3) is 0 Å². The maximum absolute atomic E-state index is 12.5. The van der Waals surface area contributed by atoms with E-state index < -0.39 is 12.2 Å². The minimum absolute atomic E-state index is 0.0675. The first-order valence-electron chi connectivity index (χ1n) is 8.93. The second kappa shape index (κ2) is 8.29. The Balaban J connectivity index is 1.76. The molecule has 1 unspecified atom stereocenters. The Morgan fingerprint density at radius 3 is 2.79 bits per heavy atom. The highest BCUT2D eigenvalue weighted by molar-refractivity contribution is 5.98. The second-order valence-electron chi connectivity index (χ2n) is 6.80. The standard InChI is InChI=1S/C19H21FN6O3/c1-19(9-17(28)26(2)18(21)25-19)15-8-12(3-5-22-15)7-14(27)13-10-24-16(11-23-13)29-6-4-20/h3,5,8,10-11H,4,6-7,9H2,1-2H3,(H2,21,25). The minimum atomic E-state index is -0.901. The van der Waals surface area contributed by atoms with Gasteiger partial charge < -0.3 is 10.5 Å². The number of aromatic nitrogens is 3. The van der Waals surface area contributed by atoms with Crippen LogP contribution in [0, 0.1) is 0 Å². The highest BCUT2D eigenvalue weighted by Gasteiger charge is 2.37. The molecule has 2 N–H and O–H groups in total. The number of amides is 1. The molecule has 0 radical (unpaired) electrons. The van der Waals surface area contributed by atoms with E-state index in [1.165, 1.54) is 17.3 Å². The fraction of sp³-hybridized carbons (Fsp3) is 0.368. The van der Waals surface area contributed by atoms with Gasteiger partial charge in [-0.25, -0.2) is 19.4 Å². The van der Waals surface area contributed by atoms with E-state index in [0.29, 0.717) is 11.3 Å². The summed E-state index contributed by atoms with van der Waals surface area (Å²) in [4.78, 5) is 42.7. The predicted octanol–water partition coefficient (Wildman–Crippen LogP) is 1.04. The number of carbonyl (C=O) groups is 2. The van der Waals surface area contributed by atoms with Gasteiger partial charge >= 0.3 is 0 Å². The largest absolute Gasteiger partial charge is 0.474 e. The lowest BCUT2D eigenvalue weighted by Gasteiger charge is -2.32. The molecule has 0 saturated carbocycles. The third-order valence-electron chi connectivity index (χ3n) is 4.56. The normalized spacial score (nSPS) is 19.1. The molecule has 29 heavy (non-hydrogen) atoms. The highest BCUT2D eigenvalue weighted by Crippen LogP contribution is 2.31. The average Bonchev–Trinajstić information content (AvgIpc) is 2.71. The Bertz CT molecular complexity index is 949. The summed E-state index contributed by atoms with van der Waals surface area (Å²) < 4.78 is 17.1. The molecule has 0 bridgehead atoms. The minimum Gasteiger partial charge on any atom is -0.474 e. The summed E-state index contributed by atoms with van der Waals surface area (Å²) in [5.74, 6) is -0.133. The third kappa shape index (κ3) is 4.53. The molecule has 152 valence electrons. The Morgan fingerprint density at radius 1 is 1.34 bits per heavy atom. The van der Waals surface area contributed by atoms with E-state index in [1.807, 2.05) is 0 Å². The first-order valence-corrected chi connectivity index (χ1v) is 8.93. The fourth-order valence-electron chi connectivity index (χ4n) is 2.89. The Kier molecular flexibility index (Phi) is 5.81. The molecular formula is C19H21FN6O3. The maximum Gasteiger partial charge on any atom is 0.232 e. The molecule has 0 spiro atoms. The van der Waals surface area contributed by atoms with Crippen molar-refractivity contribution in [1.29, 1.82) is 0 Å². The molecule has 10 heteroatoms. The van der Waals surface area contributed by atoms with Crippen molar-refractivity contribution in [2.45, 2.75) is 25.3 Å². The molecule has 0 aromatic carbocycles. The molecule has 0 fully saturated rings. The zero-order valence-electron chi connectivity index (χ0n) is 16.1. The van der Waals surface area contributed by atoms with Crippen LogP contribution < -0.4 is 10.5 Å². The molecule has 1 amide bonds. The van der Waals surface area contributed by atoms with Crippen molar-refractivity contribution in [3.63, 3.8) is 0 Å². The fourth-order valence-corrected chi connectivity index (χ4v) is 2.89. The number of alkyl halides is 1. The smallest absolute Gasteiger partial charge is 0.232 e. The van der Waals surface area contributed by atoms with E-state index in [-0.39, 0.29) is 48.7 Å². The van der Waals surface area contributed by atoms with Crippen LogP contribution in [0.2, 0.25) is 0 Å². The monoisotopic (exact) mass is 400 g/mol. The Hall–Kier alpha value is -3.43. The number of halogens is 1. The first-order chi connectivity index (χ1) is 13.8. The van der Waals surface area contributed by atoms with Gasteiger partial charge in [0.25, 0.3) is 0 Å². The summed E-state index contributed by atoms with van der Waals surface area (Å²) in [5, 5.41) is 0. The van der Waals surface area contributed by atoms with Gasteiger partial charge in [0.15, 0.2) is 11.7 Å². The molecule has 0 saturated heterocycles. The van der Waals surface area contributed by atoms with E-state index in [4.69, 9.17) is 10.5 Å². The van der Waals surface area contributed by atoms with Crippen molar-refractivity contribution in [1.82, 2.24) is 19.9 Å². The average molecular weight is 400 g/mol. The Labute approximate surface area is 166 Å². The Morgan fingerprint density at radius 2 is 2.14 bits per heavy atom. The molecule has 2 aromatic heterocycles. The summed E-state index contributed by atoms with van der Waals surface area (Å²) in [7, 11) is 1.57. The van der Waals surface area contributed by atoms with E-state index >= 15 is 0 Å². The van der Waals surface area contributed by atoms with Crippen LogP contribution in [0.1, 0.15) is 35.1 Å². The summed E-state index contributed by atoms with van der Waals surface area (Å²) >= 11 is 0. The van der Waals surface area contributed by atoms with E-state index in [9.17, 15) is 14.0 Å². The molecule has 3 rings (SSSR count). The number of hydrogen-bond donors (Lipinski definition) is 1.